The van der Waals surface area contributed by atoms with E-state index in [0.717, 1.165) is 0 Å². The smallest absolute Gasteiger partial charge is 0.379 e. The van der Waals surface area contributed by atoms with Crippen molar-refractivity contribution in [3.05, 3.63) is 34.9 Å². The molecule has 0 bridgehead atoms. The molecular formula is C16H22F3NO. The summed E-state index contributed by atoms with van der Waals surface area (Å²) in [5.74, 6) is 0. The van der Waals surface area contributed by atoms with Crippen molar-refractivity contribution >= 4 is 0 Å². The number of alkyl halides is 3. The molecule has 21 heavy (non-hydrogen) atoms. The highest BCUT2D eigenvalue weighted by atomic mass is 19.4. The van der Waals surface area contributed by atoms with E-state index in [-0.39, 0.29) is 5.41 Å². The molecule has 1 saturated heterocycles. The zero-order chi connectivity index (χ0) is 15.7. The van der Waals surface area contributed by atoms with Gasteiger partial charge in [-0.2, -0.15) is 13.2 Å². The number of ether oxygens (including phenoxy) is 1. The molecule has 118 valence electrons. The number of halogens is 3. The Kier molecular flexibility index (Phi) is 4.63. The van der Waals surface area contributed by atoms with E-state index in [2.05, 4.69) is 0 Å². The molecule has 0 radical (unpaired) electrons. The molecule has 0 N–H and O–H groups in total. The predicted octanol–water partition coefficient (Wildman–Crippen LogP) is 3.84. The van der Waals surface area contributed by atoms with Crippen LogP contribution in [0.4, 0.5) is 13.2 Å². The number of hydrogen-bond donors (Lipinski definition) is 0. The van der Waals surface area contributed by atoms with Gasteiger partial charge in [0.25, 0.3) is 0 Å². The van der Waals surface area contributed by atoms with Crippen molar-refractivity contribution in [2.45, 2.75) is 38.9 Å². The molecule has 1 heterocycles. The highest BCUT2D eigenvalue weighted by Crippen LogP contribution is 2.35. The van der Waals surface area contributed by atoms with Gasteiger partial charge in [0.2, 0.25) is 0 Å². The fourth-order valence-electron chi connectivity index (χ4n) is 2.44. The Bertz CT molecular complexity index is 485. The van der Waals surface area contributed by atoms with Crippen LogP contribution in [0.5, 0.6) is 0 Å². The van der Waals surface area contributed by atoms with Crippen molar-refractivity contribution < 1.29 is 17.9 Å². The summed E-state index contributed by atoms with van der Waals surface area (Å²) in [6, 6.07) is 4.74. The Morgan fingerprint density at radius 2 is 1.71 bits per heavy atom. The number of rotatable bonds is 2. The summed E-state index contributed by atoms with van der Waals surface area (Å²) in [6.45, 7) is 8.61. The van der Waals surface area contributed by atoms with Crippen molar-refractivity contribution in [3.8, 4) is 0 Å². The molecule has 0 unspecified atom stereocenters. The summed E-state index contributed by atoms with van der Waals surface area (Å²) in [4.78, 5) is 2.00. The fourth-order valence-corrected chi connectivity index (χ4v) is 2.44. The second kappa shape index (κ2) is 5.97. The van der Waals surface area contributed by atoms with Crippen LogP contribution in [-0.4, -0.2) is 31.2 Å². The molecule has 0 atom stereocenters. The maximum atomic E-state index is 13.3. The van der Waals surface area contributed by atoms with Gasteiger partial charge < -0.3 is 4.74 Å². The molecule has 0 saturated carbocycles. The van der Waals surface area contributed by atoms with E-state index < -0.39 is 11.7 Å². The second-order valence-corrected chi connectivity index (χ2v) is 6.51. The zero-order valence-electron chi connectivity index (χ0n) is 12.8. The largest absolute Gasteiger partial charge is 0.416 e. The minimum atomic E-state index is -4.32. The molecule has 1 aliphatic rings. The van der Waals surface area contributed by atoms with Crippen LogP contribution in [0.2, 0.25) is 0 Å². The maximum absolute atomic E-state index is 13.3. The third-order valence-corrected chi connectivity index (χ3v) is 3.78. The van der Waals surface area contributed by atoms with Crippen molar-refractivity contribution in [1.82, 2.24) is 4.90 Å². The number of hydrogen-bond acceptors (Lipinski definition) is 2. The minimum Gasteiger partial charge on any atom is -0.379 e. The van der Waals surface area contributed by atoms with Gasteiger partial charge in [0, 0.05) is 19.6 Å². The van der Waals surface area contributed by atoms with E-state index >= 15 is 0 Å². The Balaban J connectivity index is 2.31. The summed E-state index contributed by atoms with van der Waals surface area (Å²) < 4.78 is 45.2. The first-order valence-electron chi connectivity index (χ1n) is 7.18. The SMILES string of the molecule is CC(C)(C)c1ccc(CN2CCOCC2)c(C(F)(F)F)c1. The summed E-state index contributed by atoms with van der Waals surface area (Å²) in [5.41, 5.74) is 0.247. The lowest BCUT2D eigenvalue weighted by Gasteiger charge is -2.28. The fraction of sp³-hybridized carbons (Fsp3) is 0.625. The van der Waals surface area contributed by atoms with Gasteiger partial charge in [-0.3, -0.25) is 4.90 Å². The highest BCUT2D eigenvalue weighted by Gasteiger charge is 2.34. The molecule has 5 heteroatoms. The van der Waals surface area contributed by atoms with Gasteiger partial charge in [0.05, 0.1) is 18.8 Å². The van der Waals surface area contributed by atoms with Gasteiger partial charge in [0.15, 0.2) is 0 Å². The summed E-state index contributed by atoms with van der Waals surface area (Å²) in [6.07, 6.45) is -4.32. The van der Waals surface area contributed by atoms with Crippen molar-refractivity contribution in [3.63, 3.8) is 0 Å². The molecule has 0 spiro atoms. The second-order valence-electron chi connectivity index (χ2n) is 6.51. The summed E-state index contributed by atoms with van der Waals surface area (Å²) in [7, 11) is 0. The Labute approximate surface area is 123 Å². The Hall–Kier alpha value is -1.07. The topological polar surface area (TPSA) is 12.5 Å². The van der Waals surface area contributed by atoms with Crippen LogP contribution in [0.25, 0.3) is 0 Å². The molecular weight excluding hydrogens is 279 g/mol. The first kappa shape index (κ1) is 16.3. The third kappa shape index (κ3) is 4.20. The molecule has 1 aromatic carbocycles. The van der Waals surface area contributed by atoms with Crippen LogP contribution in [0, 0.1) is 0 Å². The molecule has 2 rings (SSSR count). The quantitative estimate of drug-likeness (QED) is 0.823. The van der Waals surface area contributed by atoms with Gasteiger partial charge in [-0.15, -0.1) is 0 Å². The van der Waals surface area contributed by atoms with E-state index in [1.54, 1.807) is 6.07 Å². The zero-order valence-corrected chi connectivity index (χ0v) is 12.8. The van der Waals surface area contributed by atoms with E-state index in [1.165, 1.54) is 6.07 Å². The summed E-state index contributed by atoms with van der Waals surface area (Å²) in [5, 5.41) is 0. The molecule has 1 fully saturated rings. The normalized spacial score (nSPS) is 18.0. The predicted molar refractivity (Wildman–Crippen MR) is 76.2 cm³/mol. The molecule has 1 aromatic rings. The number of nitrogens with zero attached hydrogens (tertiary/aromatic N) is 1. The van der Waals surface area contributed by atoms with E-state index in [9.17, 15) is 13.2 Å². The standard InChI is InChI=1S/C16H22F3NO/c1-15(2,3)13-5-4-12(14(10-13)16(17,18)19)11-20-6-8-21-9-7-20/h4-5,10H,6-9,11H2,1-3H3. The van der Waals surface area contributed by atoms with Crippen LogP contribution in [-0.2, 0) is 22.9 Å². The molecule has 2 nitrogen and oxygen atoms in total. The summed E-state index contributed by atoms with van der Waals surface area (Å²) >= 11 is 0. The van der Waals surface area contributed by atoms with E-state index in [0.29, 0.717) is 44.0 Å². The van der Waals surface area contributed by atoms with Gasteiger partial charge >= 0.3 is 6.18 Å². The molecule has 1 aliphatic heterocycles. The van der Waals surface area contributed by atoms with Crippen molar-refractivity contribution in [2.75, 3.05) is 26.3 Å². The highest BCUT2D eigenvalue weighted by molar-refractivity contribution is 5.37. The monoisotopic (exact) mass is 301 g/mol. The van der Waals surface area contributed by atoms with Crippen LogP contribution < -0.4 is 0 Å². The lowest BCUT2D eigenvalue weighted by molar-refractivity contribution is -0.138. The molecule has 0 amide bonds. The van der Waals surface area contributed by atoms with Crippen molar-refractivity contribution in [1.29, 1.82) is 0 Å². The number of morpholine rings is 1. The average molecular weight is 301 g/mol. The van der Waals surface area contributed by atoms with Gasteiger partial charge in [-0.25, -0.2) is 0 Å². The van der Waals surface area contributed by atoms with Crippen molar-refractivity contribution in [2.24, 2.45) is 0 Å². The van der Waals surface area contributed by atoms with Gasteiger partial charge in [0.1, 0.15) is 0 Å². The Morgan fingerprint density at radius 3 is 2.24 bits per heavy atom. The van der Waals surface area contributed by atoms with E-state index in [4.69, 9.17) is 4.74 Å². The lowest BCUT2D eigenvalue weighted by atomic mass is 9.85. The lowest BCUT2D eigenvalue weighted by Crippen LogP contribution is -2.36. The van der Waals surface area contributed by atoms with Crippen LogP contribution in [0.15, 0.2) is 18.2 Å². The van der Waals surface area contributed by atoms with Gasteiger partial charge in [-0.1, -0.05) is 32.9 Å². The first-order valence-corrected chi connectivity index (χ1v) is 7.18. The van der Waals surface area contributed by atoms with Gasteiger partial charge in [-0.05, 0) is 22.6 Å². The molecule has 0 aliphatic carbocycles. The first-order chi connectivity index (χ1) is 9.68. The van der Waals surface area contributed by atoms with Crippen LogP contribution >= 0.6 is 0 Å². The number of benzene rings is 1. The Morgan fingerprint density at radius 1 is 1.10 bits per heavy atom. The average Bonchev–Trinajstić information content (AvgIpc) is 2.38. The maximum Gasteiger partial charge on any atom is 0.416 e. The van der Waals surface area contributed by atoms with Crippen LogP contribution in [0.3, 0.4) is 0 Å². The van der Waals surface area contributed by atoms with E-state index in [1.807, 2.05) is 31.7 Å². The third-order valence-electron chi connectivity index (χ3n) is 3.78. The molecule has 0 aromatic heterocycles. The minimum absolute atomic E-state index is 0.294. The van der Waals surface area contributed by atoms with Crippen LogP contribution in [0.1, 0.15) is 37.5 Å².